The van der Waals surface area contributed by atoms with Gasteiger partial charge in [0.1, 0.15) is 11.9 Å². The van der Waals surface area contributed by atoms with Gasteiger partial charge in [-0.2, -0.15) is 18.4 Å². The first-order chi connectivity index (χ1) is 10.4. The van der Waals surface area contributed by atoms with Crippen molar-refractivity contribution in [1.82, 2.24) is 25.6 Å². The molecule has 10 heteroatoms. The van der Waals surface area contributed by atoms with Crippen LogP contribution in [0.15, 0.2) is 12.1 Å². The maximum atomic E-state index is 12.9. The van der Waals surface area contributed by atoms with Gasteiger partial charge < -0.3 is 9.64 Å². The van der Waals surface area contributed by atoms with E-state index in [2.05, 4.69) is 25.6 Å². The van der Waals surface area contributed by atoms with Crippen molar-refractivity contribution in [2.24, 2.45) is 0 Å². The van der Waals surface area contributed by atoms with E-state index in [-0.39, 0.29) is 5.82 Å². The van der Waals surface area contributed by atoms with E-state index in [1.54, 1.807) is 4.90 Å². The largest absolute Gasteiger partial charge is 0.416 e. The maximum absolute atomic E-state index is 12.9. The zero-order valence-electron chi connectivity index (χ0n) is 11.6. The van der Waals surface area contributed by atoms with Gasteiger partial charge in [-0.05, 0) is 19.1 Å². The van der Waals surface area contributed by atoms with Crippen LogP contribution >= 0.6 is 0 Å². The van der Waals surface area contributed by atoms with Crippen molar-refractivity contribution in [1.29, 1.82) is 0 Å². The van der Waals surface area contributed by atoms with Gasteiger partial charge in [-0.3, -0.25) is 0 Å². The van der Waals surface area contributed by atoms with Gasteiger partial charge in [0.2, 0.25) is 5.82 Å². The van der Waals surface area contributed by atoms with Crippen LogP contribution in [0.1, 0.15) is 23.2 Å². The fourth-order valence-electron chi connectivity index (χ4n) is 2.30. The molecule has 0 bridgehead atoms. The number of nitrogens with zero attached hydrogens (tertiary/aromatic N) is 5. The smallest absolute Gasteiger partial charge is 0.366 e. The van der Waals surface area contributed by atoms with Gasteiger partial charge in [0.15, 0.2) is 0 Å². The molecular weight excluding hydrogens is 301 g/mol. The number of alkyl halides is 3. The van der Waals surface area contributed by atoms with E-state index in [4.69, 9.17) is 4.74 Å². The molecule has 1 N–H and O–H groups in total. The lowest BCUT2D eigenvalue weighted by molar-refractivity contribution is -0.137. The molecule has 3 heterocycles. The Labute approximate surface area is 123 Å². The zero-order chi connectivity index (χ0) is 15.7. The van der Waals surface area contributed by atoms with Crippen LogP contribution in [0.5, 0.6) is 0 Å². The normalized spacial score (nSPS) is 19.5. The van der Waals surface area contributed by atoms with Gasteiger partial charge in [-0.15, -0.1) is 10.2 Å². The van der Waals surface area contributed by atoms with Crippen LogP contribution in [-0.2, 0) is 10.9 Å². The Morgan fingerprint density at radius 3 is 2.86 bits per heavy atom. The first-order valence-electron chi connectivity index (χ1n) is 6.59. The third-order valence-electron chi connectivity index (χ3n) is 3.31. The van der Waals surface area contributed by atoms with Crippen molar-refractivity contribution in [2.75, 3.05) is 24.6 Å². The number of anilines is 1. The first-order valence-corrected chi connectivity index (χ1v) is 6.59. The first kappa shape index (κ1) is 14.7. The van der Waals surface area contributed by atoms with E-state index in [0.717, 1.165) is 12.1 Å². The number of H-pyrrole nitrogens is 1. The lowest BCUT2D eigenvalue weighted by Gasteiger charge is -2.32. The fraction of sp³-hybridized carbons (Fsp3) is 0.500. The van der Waals surface area contributed by atoms with E-state index >= 15 is 0 Å². The molecule has 1 aliphatic heterocycles. The van der Waals surface area contributed by atoms with Crippen LogP contribution in [0.4, 0.5) is 19.0 Å². The van der Waals surface area contributed by atoms with E-state index in [1.165, 1.54) is 6.92 Å². The lowest BCUT2D eigenvalue weighted by Crippen LogP contribution is -2.39. The Morgan fingerprint density at radius 2 is 2.18 bits per heavy atom. The Morgan fingerprint density at radius 1 is 1.36 bits per heavy atom. The second-order valence-electron chi connectivity index (χ2n) is 4.93. The van der Waals surface area contributed by atoms with Crippen LogP contribution in [0.3, 0.4) is 0 Å². The summed E-state index contributed by atoms with van der Waals surface area (Å²) in [6, 6.07) is 2.08. The molecule has 1 unspecified atom stereocenters. The molecule has 0 amide bonds. The van der Waals surface area contributed by atoms with Crippen molar-refractivity contribution in [2.45, 2.75) is 19.2 Å². The number of hydrogen-bond acceptors (Lipinski definition) is 6. The molecule has 2 aromatic heterocycles. The van der Waals surface area contributed by atoms with Crippen LogP contribution in [0, 0.1) is 6.92 Å². The summed E-state index contributed by atoms with van der Waals surface area (Å²) in [6.45, 7) is 2.64. The lowest BCUT2D eigenvalue weighted by atomic mass is 10.2. The summed E-state index contributed by atoms with van der Waals surface area (Å²) in [5.74, 6) is 0.637. The number of halogens is 3. The van der Waals surface area contributed by atoms with Crippen LogP contribution in [0.2, 0.25) is 0 Å². The van der Waals surface area contributed by atoms with E-state index in [9.17, 15) is 13.2 Å². The van der Waals surface area contributed by atoms with E-state index in [1.807, 2.05) is 0 Å². The number of pyridine rings is 1. The summed E-state index contributed by atoms with van der Waals surface area (Å²) in [5.41, 5.74) is -0.398. The summed E-state index contributed by atoms with van der Waals surface area (Å²) in [7, 11) is 0. The number of aryl methyl sites for hydroxylation is 1. The highest BCUT2D eigenvalue weighted by atomic mass is 19.4. The molecule has 118 valence electrons. The van der Waals surface area contributed by atoms with Crippen molar-refractivity contribution in [3.05, 3.63) is 29.2 Å². The van der Waals surface area contributed by atoms with Crippen molar-refractivity contribution in [3.8, 4) is 0 Å². The molecular formula is C12H13F3N6O. The van der Waals surface area contributed by atoms with Crippen LogP contribution in [-0.4, -0.2) is 45.3 Å². The minimum Gasteiger partial charge on any atom is -0.366 e. The number of rotatable bonds is 2. The quantitative estimate of drug-likeness (QED) is 0.905. The Balaban J connectivity index is 1.86. The number of nitrogens with one attached hydrogen (secondary N) is 1. The molecule has 22 heavy (non-hydrogen) atoms. The highest BCUT2D eigenvalue weighted by molar-refractivity contribution is 5.44. The molecule has 3 rings (SSSR count). The highest BCUT2D eigenvalue weighted by Gasteiger charge is 2.33. The minimum atomic E-state index is -4.40. The zero-order valence-corrected chi connectivity index (χ0v) is 11.6. The van der Waals surface area contributed by atoms with E-state index < -0.39 is 17.8 Å². The van der Waals surface area contributed by atoms with Crippen molar-refractivity contribution in [3.63, 3.8) is 0 Å². The Bertz CT molecular complexity index is 645. The molecule has 1 fully saturated rings. The molecule has 1 saturated heterocycles. The predicted octanol–water partition coefficient (Wildman–Crippen LogP) is 1.50. The van der Waals surface area contributed by atoms with Gasteiger partial charge in [0, 0.05) is 12.2 Å². The third-order valence-corrected chi connectivity index (χ3v) is 3.31. The summed E-state index contributed by atoms with van der Waals surface area (Å²) >= 11 is 0. The average Bonchev–Trinajstić information content (AvgIpc) is 3.00. The summed E-state index contributed by atoms with van der Waals surface area (Å²) in [6.07, 6.45) is -4.86. The number of aromatic amines is 1. The fourth-order valence-corrected chi connectivity index (χ4v) is 2.30. The average molecular weight is 314 g/mol. The van der Waals surface area contributed by atoms with Crippen LogP contribution in [0.25, 0.3) is 0 Å². The van der Waals surface area contributed by atoms with Gasteiger partial charge in [-0.25, -0.2) is 4.98 Å². The van der Waals surface area contributed by atoms with Crippen LogP contribution < -0.4 is 4.90 Å². The van der Waals surface area contributed by atoms with Gasteiger partial charge in [0.25, 0.3) is 0 Å². The third kappa shape index (κ3) is 3.01. The molecule has 2 aromatic rings. The molecule has 1 aliphatic rings. The monoisotopic (exact) mass is 314 g/mol. The predicted molar refractivity (Wildman–Crippen MR) is 69.1 cm³/mol. The molecule has 0 saturated carbocycles. The summed E-state index contributed by atoms with van der Waals surface area (Å²) in [4.78, 5) is 5.92. The summed E-state index contributed by atoms with van der Waals surface area (Å²) < 4.78 is 44.3. The SMILES string of the molecule is Cc1cc(C(F)(F)F)cc(N2CCOC(c3nn[nH]n3)C2)n1. The molecule has 7 nitrogen and oxygen atoms in total. The summed E-state index contributed by atoms with van der Waals surface area (Å²) in [5, 5.41) is 13.5. The topological polar surface area (TPSA) is 79.8 Å². The van der Waals surface area contributed by atoms with Gasteiger partial charge >= 0.3 is 6.18 Å². The number of hydrogen-bond donors (Lipinski definition) is 1. The molecule has 1 atom stereocenters. The maximum Gasteiger partial charge on any atom is 0.416 e. The van der Waals surface area contributed by atoms with Crippen molar-refractivity contribution >= 4 is 5.82 Å². The Kier molecular flexibility index (Phi) is 3.69. The van der Waals surface area contributed by atoms with Crippen molar-refractivity contribution < 1.29 is 17.9 Å². The van der Waals surface area contributed by atoms with E-state index in [0.29, 0.717) is 31.2 Å². The standard InChI is InChI=1S/C12H13F3N6O/c1-7-4-8(12(13,14)15)5-10(16-7)21-2-3-22-9(6-21)11-17-19-20-18-11/h4-5,9H,2-3,6H2,1H3,(H,17,18,19,20). The number of tetrazole rings is 1. The minimum absolute atomic E-state index is 0.268. The Hall–Kier alpha value is -2.23. The number of morpholine rings is 1. The second kappa shape index (κ2) is 5.52. The molecule has 0 aromatic carbocycles. The van der Waals surface area contributed by atoms with Gasteiger partial charge in [0.05, 0.1) is 18.7 Å². The second-order valence-corrected chi connectivity index (χ2v) is 4.93. The molecule has 0 spiro atoms. The number of aromatic nitrogens is 5. The molecule has 0 aliphatic carbocycles. The highest BCUT2D eigenvalue weighted by Crippen LogP contribution is 2.32. The number of ether oxygens (including phenoxy) is 1. The van der Waals surface area contributed by atoms with Gasteiger partial charge in [-0.1, -0.05) is 5.21 Å². The molecule has 0 radical (unpaired) electrons.